The van der Waals surface area contributed by atoms with Crippen molar-refractivity contribution in [2.45, 2.75) is 12.3 Å². The first kappa shape index (κ1) is 11.8. The van der Waals surface area contributed by atoms with Gasteiger partial charge in [-0.15, -0.1) is 0 Å². The first-order valence-corrected chi connectivity index (χ1v) is 5.79. The second-order valence-corrected chi connectivity index (χ2v) is 4.17. The number of hydrogen-bond donors (Lipinski definition) is 0. The van der Waals surface area contributed by atoms with Crippen LogP contribution in [0.25, 0.3) is 0 Å². The number of halogens is 1. The molecule has 0 aliphatic rings. The van der Waals surface area contributed by atoms with Crippen LogP contribution in [-0.4, -0.2) is 10.2 Å². The van der Waals surface area contributed by atoms with Gasteiger partial charge in [-0.25, -0.2) is 0 Å². The lowest BCUT2D eigenvalue weighted by Gasteiger charge is -2.12. The molecule has 0 saturated carbocycles. The minimum absolute atomic E-state index is 0.326. The van der Waals surface area contributed by atoms with Crippen molar-refractivity contribution < 1.29 is 4.79 Å². The number of aromatic nitrogens is 1. The van der Waals surface area contributed by atoms with Crippen molar-refractivity contribution in [2.75, 3.05) is 0 Å². The SMILES string of the molecule is O=C(Cl)C(Cc1ccccn1)c1ccccc1. The average molecular weight is 246 g/mol. The van der Waals surface area contributed by atoms with Crippen LogP contribution < -0.4 is 0 Å². The van der Waals surface area contributed by atoms with E-state index < -0.39 is 0 Å². The molecule has 1 atom stereocenters. The second kappa shape index (κ2) is 5.60. The summed E-state index contributed by atoms with van der Waals surface area (Å²) in [6.45, 7) is 0. The standard InChI is InChI=1S/C14H12ClNO/c15-14(17)13(11-6-2-1-3-7-11)10-12-8-4-5-9-16-12/h1-9,13H,10H2. The highest BCUT2D eigenvalue weighted by atomic mass is 35.5. The van der Waals surface area contributed by atoms with Gasteiger partial charge in [0.2, 0.25) is 5.24 Å². The molecule has 1 heterocycles. The minimum atomic E-state index is -0.346. The smallest absolute Gasteiger partial charge is 0.229 e. The third-order valence-electron chi connectivity index (χ3n) is 2.62. The van der Waals surface area contributed by atoms with E-state index in [4.69, 9.17) is 11.6 Å². The van der Waals surface area contributed by atoms with Gasteiger partial charge in [-0.2, -0.15) is 0 Å². The molecule has 2 rings (SSSR count). The van der Waals surface area contributed by atoms with Crippen molar-refractivity contribution in [3.63, 3.8) is 0 Å². The Balaban J connectivity index is 2.23. The van der Waals surface area contributed by atoms with Gasteiger partial charge in [-0.3, -0.25) is 9.78 Å². The van der Waals surface area contributed by atoms with E-state index in [1.807, 2.05) is 48.5 Å². The summed E-state index contributed by atoms with van der Waals surface area (Å²) in [5.41, 5.74) is 1.80. The normalized spacial score (nSPS) is 12.1. The van der Waals surface area contributed by atoms with Gasteiger partial charge < -0.3 is 0 Å². The number of rotatable bonds is 4. The molecule has 0 amide bonds. The molecule has 3 heteroatoms. The molecular formula is C14H12ClNO. The van der Waals surface area contributed by atoms with Crippen molar-refractivity contribution in [1.82, 2.24) is 4.98 Å². The molecule has 17 heavy (non-hydrogen) atoms. The van der Waals surface area contributed by atoms with Crippen LogP contribution in [0.2, 0.25) is 0 Å². The van der Waals surface area contributed by atoms with Crippen LogP contribution in [0.4, 0.5) is 0 Å². The molecule has 0 aliphatic heterocycles. The predicted octanol–water partition coefficient (Wildman–Crippen LogP) is 3.17. The number of carbonyl (C=O) groups excluding carboxylic acids is 1. The molecule has 0 spiro atoms. The molecular weight excluding hydrogens is 234 g/mol. The van der Waals surface area contributed by atoms with Crippen LogP contribution in [-0.2, 0) is 11.2 Å². The molecule has 86 valence electrons. The Morgan fingerprint density at radius 3 is 2.41 bits per heavy atom. The largest absolute Gasteiger partial charge is 0.281 e. The number of carbonyl (C=O) groups is 1. The van der Waals surface area contributed by atoms with Gasteiger partial charge in [0, 0.05) is 18.3 Å². The van der Waals surface area contributed by atoms with Crippen LogP contribution in [0.1, 0.15) is 17.2 Å². The molecule has 0 aliphatic carbocycles. The van der Waals surface area contributed by atoms with E-state index in [-0.39, 0.29) is 11.2 Å². The Morgan fingerprint density at radius 1 is 1.12 bits per heavy atom. The number of nitrogens with zero attached hydrogens (tertiary/aromatic N) is 1. The average Bonchev–Trinajstić information content (AvgIpc) is 2.38. The van der Waals surface area contributed by atoms with Crippen LogP contribution in [0.15, 0.2) is 54.7 Å². The lowest BCUT2D eigenvalue weighted by Crippen LogP contribution is -2.10. The van der Waals surface area contributed by atoms with E-state index in [0.29, 0.717) is 6.42 Å². The fourth-order valence-electron chi connectivity index (χ4n) is 1.74. The van der Waals surface area contributed by atoms with Crippen LogP contribution in [0, 0.1) is 0 Å². The summed E-state index contributed by atoms with van der Waals surface area (Å²) in [5, 5.41) is -0.346. The molecule has 0 N–H and O–H groups in total. The van der Waals surface area contributed by atoms with E-state index in [2.05, 4.69) is 4.98 Å². The third-order valence-corrected chi connectivity index (χ3v) is 2.88. The molecule has 1 aromatic heterocycles. The van der Waals surface area contributed by atoms with Gasteiger partial charge in [0.15, 0.2) is 0 Å². The van der Waals surface area contributed by atoms with E-state index in [1.54, 1.807) is 6.20 Å². The second-order valence-electron chi connectivity index (χ2n) is 3.79. The summed E-state index contributed by atoms with van der Waals surface area (Å²) in [7, 11) is 0. The van der Waals surface area contributed by atoms with E-state index in [0.717, 1.165) is 11.3 Å². The molecule has 0 radical (unpaired) electrons. The zero-order valence-corrected chi connectivity index (χ0v) is 9.97. The van der Waals surface area contributed by atoms with E-state index in [1.165, 1.54) is 0 Å². The molecule has 0 fully saturated rings. The summed E-state index contributed by atoms with van der Waals surface area (Å²) in [6.07, 6.45) is 2.25. The first-order chi connectivity index (χ1) is 8.27. The van der Waals surface area contributed by atoms with Gasteiger partial charge in [-0.1, -0.05) is 36.4 Å². The number of hydrogen-bond acceptors (Lipinski definition) is 2. The maximum atomic E-state index is 11.5. The molecule has 2 nitrogen and oxygen atoms in total. The van der Waals surface area contributed by atoms with Crippen molar-refractivity contribution in [3.05, 3.63) is 66.0 Å². The maximum absolute atomic E-state index is 11.5. The quantitative estimate of drug-likeness (QED) is 0.775. The third kappa shape index (κ3) is 3.14. The van der Waals surface area contributed by atoms with Gasteiger partial charge in [0.25, 0.3) is 0 Å². The summed E-state index contributed by atoms with van der Waals surface area (Å²) in [4.78, 5) is 15.7. The Bertz CT molecular complexity index is 484. The zero-order valence-electron chi connectivity index (χ0n) is 9.21. The maximum Gasteiger partial charge on any atom is 0.229 e. The van der Waals surface area contributed by atoms with Crippen molar-refractivity contribution in [2.24, 2.45) is 0 Å². The van der Waals surface area contributed by atoms with Crippen molar-refractivity contribution in [3.8, 4) is 0 Å². The van der Waals surface area contributed by atoms with Crippen molar-refractivity contribution >= 4 is 16.8 Å². The van der Waals surface area contributed by atoms with Crippen LogP contribution in [0.5, 0.6) is 0 Å². The Kier molecular flexibility index (Phi) is 3.89. The van der Waals surface area contributed by atoms with Gasteiger partial charge in [0.05, 0.1) is 5.92 Å². The Labute approximate surface area is 105 Å². The molecule has 1 unspecified atom stereocenters. The summed E-state index contributed by atoms with van der Waals surface area (Å²) < 4.78 is 0. The predicted molar refractivity (Wildman–Crippen MR) is 68.0 cm³/mol. The first-order valence-electron chi connectivity index (χ1n) is 5.41. The highest BCUT2D eigenvalue weighted by Crippen LogP contribution is 2.22. The monoisotopic (exact) mass is 245 g/mol. The molecule has 1 aromatic carbocycles. The Hall–Kier alpha value is -1.67. The molecule has 0 bridgehead atoms. The van der Waals surface area contributed by atoms with Gasteiger partial charge in [0.1, 0.15) is 0 Å². The fraction of sp³-hybridized carbons (Fsp3) is 0.143. The lowest BCUT2D eigenvalue weighted by atomic mass is 9.95. The number of benzene rings is 1. The zero-order chi connectivity index (χ0) is 12.1. The van der Waals surface area contributed by atoms with E-state index >= 15 is 0 Å². The van der Waals surface area contributed by atoms with Crippen molar-refractivity contribution in [1.29, 1.82) is 0 Å². The topological polar surface area (TPSA) is 30.0 Å². The van der Waals surface area contributed by atoms with E-state index in [9.17, 15) is 4.79 Å². The molecule has 2 aromatic rings. The lowest BCUT2D eigenvalue weighted by molar-refractivity contribution is -0.113. The van der Waals surface area contributed by atoms with Crippen LogP contribution >= 0.6 is 11.6 Å². The van der Waals surface area contributed by atoms with Crippen LogP contribution in [0.3, 0.4) is 0 Å². The minimum Gasteiger partial charge on any atom is -0.281 e. The summed E-state index contributed by atoms with van der Waals surface area (Å²) in [5.74, 6) is -0.326. The van der Waals surface area contributed by atoms with Gasteiger partial charge >= 0.3 is 0 Å². The highest BCUT2D eigenvalue weighted by molar-refractivity contribution is 6.64. The Morgan fingerprint density at radius 2 is 1.82 bits per heavy atom. The molecule has 0 saturated heterocycles. The fourth-order valence-corrected chi connectivity index (χ4v) is 1.95. The summed E-state index contributed by atoms with van der Waals surface area (Å²) in [6, 6.07) is 15.2. The van der Waals surface area contributed by atoms with Gasteiger partial charge in [-0.05, 0) is 29.3 Å². The highest BCUT2D eigenvalue weighted by Gasteiger charge is 2.19. The number of pyridine rings is 1. The summed E-state index contributed by atoms with van der Waals surface area (Å²) >= 11 is 5.66.